The Morgan fingerprint density at radius 1 is 1.20 bits per heavy atom. The summed E-state index contributed by atoms with van der Waals surface area (Å²) in [5, 5.41) is 19.0. The van der Waals surface area contributed by atoms with Crippen molar-refractivity contribution in [1.82, 2.24) is 0 Å². The maximum Gasteiger partial charge on any atom is 0.0778 e. The van der Waals surface area contributed by atoms with E-state index < -0.39 is 14.2 Å². The molecule has 0 bridgehead atoms. The van der Waals surface area contributed by atoms with E-state index in [1.807, 2.05) is 6.08 Å². The molecule has 90 valence electrons. The summed E-state index contributed by atoms with van der Waals surface area (Å²) in [6, 6.07) is 3.53. The first kappa shape index (κ1) is 14.9. The van der Waals surface area contributed by atoms with Crippen LogP contribution in [0.3, 0.4) is 0 Å². The van der Waals surface area contributed by atoms with Crippen molar-refractivity contribution in [2.45, 2.75) is 57.0 Å². The maximum absolute atomic E-state index is 9.91. The topological polar surface area (TPSA) is 40.5 Å². The van der Waals surface area contributed by atoms with Crippen molar-refractivity contribution in [3.05, 3.63) is 12.7 Å². The number of rotatable bonds is 8. The molecule has 0 aliphatic heterocycles. The zero-order valence-corrected chi connectivity index (χ0v) is 11.4. The lowest BCUT2D eigenvalue weighted by atomic mass is 10.2. The molecule has 0 saturated heterocycles. The van der Waals surface area contributed by atoms with Crippen LogP contribution in [0.1, 0.15) is 27.2 Å². The number of hydrogen-bond acceptors (Lipinski definition) is 2. The van der Waals surface area contributed by atoms with Crippen LogP contribution in [-0.2, 0) is 0 Å². The molecule has 0 rings (SSSR count). The molecule has 15 heavy (non-hydrogen) atoms. The van der Waals surface area contributed by atoms with Crippen LogP contribution in [0.4, 0.5) is 0 Å². The molecule has 0 aromatic carbocycles. The predicted octanol–water partition coefficient (Wildman–Crippen LogP) is 2.79. The van der Waals surface area contributed by atoms with Crippen molar-refractivity contribution < 1.29 is 10.2 Å². The smallest absolute Gasteiger partial charge is 0.0778 e. The molecule has 0 fully saturated rings. The highest BCUT2D eigenvalue weighted by Crippen LogP contribution is 2.38. The standard InChI is InChI=1S/C12H26O2Si/c1-5-9-12(11(14)10-13)15(6-2,7-3)8-4/h5,11-14H,1,6-10H2,2-4H3/t11-,12-/m0/s1. The van der Waals surface area contributed by atoms with E-state index in [2.05, 4.69) is 27.4 Å². The van der Waals surface area contributed by atoms with E-state index in [4.69, 9.17) is 5.11 Å². The summed E-state index contributed by atoms with van der Waals surface area (Å²) in [6.45, 7) is 10.3. The van der Waals surface area contributed by atoms with Crippen molar-refractivity contribution in [2.24, 2.45) is 0 Å². The number of allylic oxidation sites excluding steroid dienone is 1. The highest BCUT2D eigenvalue weighted by atomic mass is 28.3. The van der Waals surface area contributed by atoms with E-state index in [0.717, 1.165) is 6.42 Å². The second-order valence-electron chi connectivity index (χ2n) is 4.30. The van der Waals surface area contributed by atoms with E-state index in [9.17, 15) is 5.11 Å². The zero-order chi connectivity index (χ0) is 11.9. The average Bonchev–Trinajstić information content (AvgIpc) is 2.29. The first-order valence-electron chi connectivity index (χ1n) is 6.01. The molecule has 0 heterocycles. The van der Waals surface area contributed by atoms with Gasteiger partial charge in [-0.2, -0.15) is 0 Å². The van der Waals surface area contributed by atoms with E-state index in [0.29, 0.717) is 0 Å². The summed E-state index contributed by atoms with van der Waals surface area (Å²) in [5.41, 5.74) is 0.264. The Morgan fingerprint density at radius 3 is 1.93 bits per heavy atom. The third-order valence-corrected chi connectivity index (χ3v) is 10.4. The van der Waals surface area contributed by atoms with Crippen molar-refractivity contribution >= 4 is 8.07 Å². The fourth-order valence-corrected chi connectivity index (χ4v) is 7.32. The quantitative estimate of drug-likeness (QED) is 0.497. The second-order valence-corrected chi connectivity index (χ2v) is 9.89. The first-order valence-corrected chi connectivity index (χ1v) is 8.71. The largest absolute Gasteiger partial charge is 0.394 e. The lowest BCUT2D eigenvalue weighted by Gasteiger charge is -2.39. The highest BCUT2D eigenvalue weighted by molar-refractivity contribution is 6.81. The molecule has 0 aliphatic carbocycles. The summed E-state index contributed by atoms with van der Waals surface area (Å²) < 4.78 is 0. The molecule has 3 heteroatoms. The van der Waals surface area contributed by atoms with Gasteiger partial charge in [-0.25, -0.2) is 0 Å². The monoisotopic (exact) mass is 230 g/mol. The lowest BCUT2D eigenvalue weighted by molar-refractivity contribution is 0.0868. The zero-order valence-electron chi connectivity index (χ0n) is 10.4. The van der Waals surface area contributed by atoms with Crippen LogP contribution in [0.5, 0.6) is 0 Å². The maximum atomic E-state index is 9.91. The Labute approximate surface area is 95.0 Å². The molecule has 2 atom stereocenters. The molecule has 2 N–H and O–H groups in total. The molecule has 0 unspecified atom stereocenters. The molecular formula is C12H26O2Si. The molecule has 0 aliphatic rings. The van der Waals surface area contributed by atoms with Crippen molar-refractivity contribution in [3.8, 4) is 0 Å². The summed E-state index contributed by atoms with van der Waals surface area (Å²) in [6.07, 6.45) is 2.16. The van der Waals surface area contributed by atoms with Gasteiger partial charge in [0.15, 0.2) is 0 Å². The normalized spacial score (nSPS) is 16.1. The third kappa shape index (κ3) is 3.43. The van der Waals surface area contributed by atoms with Crippen LogP contribution >= 0.6 is 0 Å². The third-order valence-electron chi connectivity index (χ3n) is 3.97. The lowest BCUT2D eigenvalue weighted by Crippen LogP contribution is -2.44. The Kier molecular flexibility index (Phi) is 7.14. The summed E-state index contributed by atoms with van der Waals surface area (Å²) in [4.78, 5) is 0. The van der Waals surface area contributed by atoms with E-state index in [1.54, 1.807) is 0 Å². The molecule has 0 saturated carbocycles. The van der Waals surface area contributed by atoms with Crippen molar-refractivity contribution in [2.75, 3.05) is 6.61 Å². The van der Waals surface area contributed by atoms with Gasteiger partial charge in [0, 0.05) is 0 Å². The predicted molar refractivity (Wildman–Crippen MR) is 68.9 cm³/mol. The number of aliphatic hydroxyl groups is 2. The molecule has 0 amide bonds. The Morgan fingerprint density at radius 2 is 1.67 bits per heavy atom. The van der Waals surface area contributed by atoms with E-state index in [-0.39, 0.29) is 12.1 Å². The van der Waals surface area contributed by atoms with Crippen molar-refractivity contribution in [3.63, 3.8) is 0 Å². The van der Waals surface area contributed by atoms with E-state index in [1.165, 1.54) is 18.1 Å². The van der Waals surface area contributed by atoms with Gasteiger partial charge in [0.1, 0.15) is 0 Å². The van der Waals surface area contributed by atoms with Gasteiger partial charge in [-0.05, 0) is 12.0 Å². The SMILES string of the molecule is C=CC[C@@H]([C@@H](O)CO)[Si](CC)(CC)CC. The minimum Gasteiger partial charge on any atom is -0.394 e. The minimum absolute atomic E-state index is 0.118. The van der Waals surface area contributed by atoms with Crippen LogP contribution in [0.15, 0.2) is 12.7 Å². The Hall–Kier alpha value is -0.123. The second kappa shape index (κ2) is 7.20. The van der Waals surface area contributed by atoms with Crippen molar-refractivity contribution in [1.29, 1.82) is 0 Å². The molecule has 0 radical (unpaired) electrons. The average molecular weight is 230 g/mol. The minimum atomic E-state index is -1.43. The summed E-state index contributed by atoms with van der Waals surface area (Å²) in [7, 11) is -1.43. The molecule has 0 aromatic rings. The van der Waals surface area contributed by atoms with Gasteiger partial charge in [-0.3, -0.25) is 0 Å². The van der Waals surface area contributed by atoms with Gasteiger partial charge in [0.2, 0.25) is 0 Å². The van der Waals surface area contributed by atoms with Gasteiger partial charge in [-0.1, -0.05) is 45.0 Å². The summed E-state index contributed by atoms with van der Waals surface area (Å²) >= 11 is 0. The van der Waals surface area contributed by atoms with Crippen LogP contribution in [0.2, 0.25) is 23.7 Å². The molecule has 2 nitrogen and oxygen atoms in total. The fourth-order valence-electron chi connectivity index (χ4n) is 2.66. The molecule has 0 spiro atoms. The Balaban J connectivity index is 4.89. The van der Waals surface area contributed by atoms with Crippen LogP contribution in [0.25, 0.3) is 0 Å². The summed E-state index contributed by atoms with van der Waals surface area (Å²) in [5.74, 6) is 0. The van der Waals surface area contributed by atoms with Crippen LogP contribution in [0, 0.1) is 0 Å². The van der Waals surface area contributed by atoms with Gasteiger partial charge >= 0.3 is 0 Å². The van der Waals surface area contributed by atoms with Gasteiger partial charge in [0.25, 0.3) is 0 Å². The number of aliphatic hydroxyl groups excluding tert-OH is 2. The number of hydrogen-bond donors (Lipinski definition) is 2. The Bertz CT molecular complexity index is 170. The van der Waals surface area contributed by atoms with Gasteiger partial charge in [-0.15, -0.1) is 6.58 Å². The highest BCUT2D eigenvalue weighted by Gasteiger charge is 2.39. The van der Waals surface area contributed by atoms with Crippen LogP contribution in [-0.4, -0.2) is 31.0 Å². The fraction of sp³-hybridized carbons (Fsp3) is 0.833. The van der Waals surface area contributed by atoms with Gasteiger partial charge in [0.05, 0.1) is 20.8 Å². The van der Waals surface area contributed by atoms with Crippen LogP contribution < -0.4 is 0 Å². The first-order chi connectivity index (χ1) is 7.11. The van der Waals surface area contributed by atoms with Gasteiger partial charge < -0.3 is 10.2 Å². The van der Waals surface area contributed by atoms with E-state index >= 15 is 0 Å². The molecular weight excluding hydrogens is 204 g/mol. The molecule has 0 aromatic heterocycles.